The number of carbonyl (C=O) groups is 1. The van der Waals surface area contributed by atoms with E-state index in [-0.39, 0.29) is 17.6 Å². The van der Waals surface area contributed by atoms with Crippen LogP contribution in [0.1, 0.15) is 34.3 Å². The van der Waals surface area contributed by atoms with Gasteiger partial charge in [-0.15, -0.1) is 0 Å². The Hall–Kier alpha value is -2.93. The first-order valence-corrected chi connectivity index (χ1v) is 10.1. The van der Waals surface area contributed by atoms with E-state index in [0.717, 1.165) is 42.3 Å². The SMILES string of the molecule is COC(=O)c1ccc(F)c2c1C[C@H](NCCCCc1c[nH]c3ccc(F)cc13)CO2. The van der Waals surface area contributed by atoms with Gasteiger partial charge in [-0.3, -0.25) is 0 Å². The monoisotopic (exact) mass is 414 g/mol. The summed E-state index contributed by atoms with van der Waals surface area (Å²) < 4.78 is 37.9. The smallest absolute Gasteiger partial charge is 0.338 e. The number of esters is 1. The standard InChI is InChI=1S/C23H24F2N2O3/c1-29-23(28)17-6-7-20(25)22-19(17)11-16(13-30-22)26-9-3-2-4-14-12-27-21-8-5-15(24)10-18(14)21/h5-8,10,12,16,26-27H,2-4,9,11,13H2,1H3/t16-/m0/s1. The lowest BCUT2D eigenvalue weighted by Gasteiger charge is -2.27. The molecule has 2 heterocycles. The number of aryl methyl sites for hydroxylation is 1. The van der Waals surface area contributed by atoms with Crippen LogP contribution in [-0.4, -0.2) is 37.3 Å². The zero-order valence-corrected chi connectivity index (χ0v) is 16.8. The van der Waals surface area contributed by atoms with Crippen molar-refractivity contribution < 1.29 is 23.0 Å². The fraction of sp³-hybridized carbons (Fsp3) is 0.348. The number of hydrogen-bond donors (Lipinski definition) is 2. The molecule has 3 aromatic rings. The largest absolute Gasteiger partial charge is 0.489 e. The van der Waals surface area contributed by atoms with Crippen LogP contribution in [0.5, 0.6) is 5.75 Å². The quantitative estimate of drug-likeness (QED) is 0.450. The van der Waals surface area contributed by atoms with Crippen molar-refractivity contribution in [2.45, 2.75) is 31.7 Å². The minimum Gasteiger partial charge on any atom is -0.489 e. The first-order valence-electron chi connectivity index (χ1n) is 10.1. The Kier molecular flexibility index (Phi) is 5.99. The summed E-state index contributed by atoms with van der Waals surface area (Å²) in [6.45, 7) is 1.11. The highest BCUT2D eigenvalue weighted by Gasteiger charge is 2.27. The Morgan fingerprint density at radius 2 is 2.13 bits per heavy atom. The molecule has 0 unspecified atom stereocenters. The highest BCUT2D eigenvalue weighted by Crippen LogP contribution is 2.31. The van der Waals surface area contributed by atoms with E-state index in [4.69, 9.17) is 9.47 Å². The minimum atomic E-state index is -0.495. The third kappa shape index (κ3) is 4.16. The van der Waals surface area contributed by atoms with Gasteiger partial charge in [-0.2, -0.15) is 0 Å². The molecule has 0 aliphatic carbocycles. The molecule has 5 nitrogen and oxygen atoms in total. The highest BCUT2D eigenvalue weighted by molar-refractivity contribution is 5.92. The number of aromatic nitrogens is 1. The Morgan fingerprint density at radius 3 is 2.97 bits per heavy atom. The lowest BCUT2D eigenvalue weighted by Crippen LogP contribution is -2.40. The van der Waals surface area contributed by atoms with Crippen molar-refractivity contribution in [2.24, 2.45) is 0 Å². The lowest BCUT2D eigenvalue weighted by molar-refractivity contribution is 0.0597. The minimum absolute atomic E-state index is 0.00936. The van der Waals surface area contributed by atoms with Gasteiger partial charge in [0, 0.05) is 28.7 Å². The van der Waals surface area contributed by atoms with Crippen molar-refractivity contribution in [1.82, 2.24) is 10.3 Å². The van der Waals surface area contributed by atoms with E-state index in [0.29, 0.717) is 24.2 Å². The van der Waals surface area contributed by atoms with Gasteiger partial charge in [0.05, 0.1) is 12.7 Å². The van der Waals surface area contributed by atoms with E-state index in [1.807, 2.05) is 6.20 Å². The van der Waals surface area contributed by atoms with Crippen LogP contribution in [0.15, 0.2) is 36.5 Å². The number of unbranched alkanes of at least 4 members (excludes halogenated alkanes) is 1. The highest BCUT2D eigenvalue weighted by atomic mass is 19.1. The molecule has 4 rings (SSSR count). The summed E-state index contributed by atoms with van der Waals surface area (Å²) in [5.74, 6) is -1.05. The number of nitrogens with one attached hydrogen (secondary N) is 2. The fourth-order valence-corrected chi connectivity index (χ4v) is 3.98. The molecule has 0 bridgehead atoms. The Morgan fingerprint density at radius 1 is 1.27 bits per heavy atom. The molecule has 1 aliphatic rings. The predicted molar refractivity (Wildman–Crippen MR) is 110 cm³/mol. The number of carbonyl (C=O) groups excluding carboxylic acids is 1. The van der Waals surface area contributed by atoms with Crippen molar-refractivity contribution in [2.75, 3.05) is 20.3 Å². The molecule has 0 radical (unpaired) electrons. The molecule has 30 heavy (non-hydrogen) atoms. The van der Waals surface area contributed by atoms with Gasteiger partial charge < -0.3 is 19.8 Å². The Bertz CT molecular complexity index is 1060. The van der Waals surface area contributed by atoms with Gasteiger partial charge in [-0.25, -0.2) is 13.6 Å². The maximum Gasteiger partial charge on any atom is 0.338 e. The first kappa shape index (κ1) is 20.3. The maximum atomic E-state index is 14.0. The van der Waals surface area contributed by atoms with Gasteiger partial charge in [0.15, 0.2) is 11.6 Å². The van der Waals surface area contributed by atoms with Crippen LogP contribution in [0.4, 0.5) is 8.78 Å². The summed E-state index contributed by atoms with van der Waals surface area (Å²) in [5, 5.41) is 4.35. The molecule has 1 aliphatic heterocycles. The first-order chi connectivity index (χ1) is 14.6. The molecule has 1 atom stereocenters. The van der Waals surface area contributed by atoms with Crippen LogP contribution in [0.3, 0.4) is 0 Å². The molecule has 2 N–H and O–H groups in total. The second-order valence-electron chi connectivity index (χ2n) is 7.52. The third-order valence-electron chi connectivity index (χ3n) is 5.53. The summed E-state index contributed by atoms with van der Waals surface area (Å²) in [6.07, 6.45) is 5.17. The molecule has 158 valence electrons. The molecule has 0 fully saturated rings. The fourth-order valence-electron chi connectivity index (χ4n) is 3.98. The average Bonchev–Trinajstić information content (AvgIpc) is 3.15. The van der Waals surface area contributed by atoms with Crippen LogP contribution in [0.25, 0.3) is 10.9 Å². The number of rotatable bonds is 7. The van der Waals surface area contributed by atoms with Crippen LogP contribution in [0.2, 0.25) is 0 Å². The van der Waals surface area contributed by atoms with Crippen LogP contribution >= 0.6 is 0 Å². The number of methoxy groups -OCH3 is 1. The van der Waals surface area contributed by atoms with Crippen molar-refractivity contribution in [3.8, 4) is 5.75 Å². The number of ether oxygens (including phenoxy) is 2. The number of H-pyrrole nitrogens is 1. The third-order valence-corrected chi connectivity index (χ3v) is 5.53. The summed E-state index contributed by atoms with van der Waals surface area (Å²) >= 11 is 0. The maximum absolute atomic E-state index is 14.0. The Balaban J connectivity index is 1.30. The van der Waals surface area contributed by atoms with Gasteiger partial charge in [0.2, 0.25) is 0 Å². The molecule has 2 aromatic carbocycles. The van der Waals surface area contributed by atoms with Crippen molar-refractivity contribution in [3.63, 3.8) is 0 Å². The number of aromatic amines is 1. The topological polar surface area (TPSA) is 63.3 Å². The van der Waals surface area contributed by atoms with E-state index in [9.17, 15) is 13.6 Å². The van der Waals surface area contributed by atoms with E-state index in [1.165, 1.54) is 25.3 Å². The van der Waals surface area contributed by atoms with Gasteiger partial charge in [-0.1, -0.05) is 0 Å². The van der Waals surface area contributed by atoms with Crippen LogP contribution < -0.4 is 10.1 Å². The molecule has 7 heteroatoms. The van der Waals surface area contributed by atoms with Crippen molar-refractivity contribution >= 4 is 16.9 Å². The zero-order chi connectivity index (χ0) is 21.1. The van der Waals surface area contributed by atoms with E-state index >= 15 is 0 Å². The predicted octanol–water partition coefficient (Wildman–Crippen LogP) is 4.15. The summed E-state index contributed by atoms with van der Waals surface area (Å²) in [5.41, 5.74) is 2.94. The normalized spacial score (nSPS) is 15.6. The lowest BCUT2D eigenvalue weighted by atomic mass is 9.96. The molecular formula is C23H24F2N2O3. The number of halogens is 2. The van der Waals surface area contributed by atoms with Gasteiger partial charge in [-0.05, 0) is 68.1 Å². The number of benzene rings is 2. The van der Waals surface area contributed by atoms with Crippen LogP contribution in [-0.2, 0) is 17.6 Å². The Labute approximate surface area is 173 Å². The molecule has 0 spiro atoms. The summed E-state index contributed by atoms with van der Waals surface area (Å²) in [4.78, 5) is 15.2. The molecule has 0 saturated heterocycles. The van der Waals surface area contributed by atoms with E-state index < -0.39 is 11.8 Å². The second-order valence-corrected chi connectivity index (χ2v) is 7.52. The van der Waals surface area contributed by atoms with E-state index in [1.54, 1.807) is 12.1 Å². The molecule has 1 aromatic heterocycles. The van der Waals surface area contributed by atoms with Gasteiger partial charge in [0.25, 0.3) is 0 Å². The molecular weight excluding hydrogens is 390 g/mol. The number of fused-ring (bicyclic) bond motifs is 2. The van der Waals surface area contributed by atoms with Crippen molar-refractivity contribution in [3.05, 3.63) is 64.9 Å². The van der Waals surface area contributed by atoms with Crippen LogP contribution in [0, 0.1) is 11.6 Å². The molecule has 0 saturated carbocycles. The summed E-state index contributed by atoms with van der Waals surface area (Å²) in [7, 11) is 1.31. The van der Waals surface area contributed by atoms with E-state index in [2.05, 4.69) is 10.3 Å². The van der Waals surface area contributed by atoms with Gasteiger partial charge >= 0.3 is 5.97 Å². The molecule has 0 amide bonds. The van der Waals surface area contributed by atoms with Crippen molar-refractivity contribution in [1.29, 1.82) is 0 Å². The summed E-state index contributed by atoms with van der Waals surface area (Å²) in [6, 6.07) is 7.43. The number of hydrogen-bond acceptors (Lipinski definition) is 4. The average molecular weight is 414 g/mol. The van der Waals surface area contributed by atoms with Gasteiger partial charge in [0.1, 0.15) is 12.4 Å². The second kappa shape index (κ2) is 8.83. The zero-order valence-electron chi connectivity index (χ0n) is 16.8.